The first-order chi connectivity index (χ1) is 7.82. The molecule has 0 spiro atoms. The Bertz CT molecular complexity index is 375. The van der Waals surface area contributed by atoms with Gasteiger partial charge in [-0.3, -0.25) is 0 Å². The van der Waals surface area contributed by atoms with E-state index in [0.717, 1.165) is 0 Å². The van der Waals surface area contributed by atoms with E-state index in [1.165, 1.54) is 0 Å². The van der Waals surface area contributed by atoms with Crippen LogP contribution in [0.4, 0.5) is 5.82 Å². The van der Waals surface area contributed by atoms with E-state index in [1.807, 2.05) is 27.7 Å². The molecule has 1 aromatic heterocycles. The lowest BCUT2D eigenvalue weighted by molar-refractivity contribution is 0.0886. The van der Waals surface area contributed by atoms with Gasteiger partial charge in [-0.05, 0) is 6.92 Å². The highest BCUT2D eigenvalue weighted by Crippen LogP contribution is 2.22. The molecular formula is C12H21N3O2. The maximum atomic E-state index is 5.74. The van der Waals surface area contributed by atoms with E-state index >= 15 is 0 Å². The molecule has 0 aliphatic rings. The Morgan fingerprint density at radius 2 is 2.00 bits per heavy atom. The molecule has 0 aliphatic carbocycles. The van der Waals surface area contributed by atoms with Crippen LogP contribution in [0.2, 0.25) is 0 Å². The summed E-state index contributed by atoms with van der Waals surface area (Å²) in [7, 11) is 1.63. The maximum Gasteiger partial charge on any atom is 0.219 e. The molecule has 96 valence electrons. The molecule has 0 saturated heterocycles. The van der Waals surface area contributed by atoms with Crippen molar-refractivity contribution in [3.63, 3.8) is 0 Å². The fraction of sp³-hybridized carbons (Fsp3) is 0.667. The van der Waals surface area contributed by atoms with Crippen molar-refractivity contribution in [3.05, 3.63) is 11.9 Å². The first kappa shape index (κ1) is 13.7. The Balaban J connectivity index is 2.90. The summed E-state index contributed by atoms with van der Waals surface area (Å²) in [6, 6.07) is 1.63. The van der Waals surface area contributed by atoms with Crippen molar-refractivity contribution in [1.29, 1.82) is 0 Å². The molecule has 5 heteroatoms. The van der Waals surface area contributed by atoms with Crippen LogP contribution in [0.25, 0.3) is 0 Å². The number of methoxy groups -OCH3 is 1. The number of nitrogens with zero attached hydrogens (tertiary/aromatic N) is 2. The monoisotopic (exact) mass is 239 g/mol. The fourth-order valence-electron chi connectivity index (χ4n) is 1.31. The second-order valence-electron chi connectivity index (χ2n) is 5.09. The molecule has 1 rings (SSSR count). The average Bonchev–Trinajstić information content (AvgIpc) is 2.15. The number of hydrogen-bond acceptors (Lipinski definition) is 5. The molecular weight excluding hydrogens is 218 g/mol. The van der Waals surface area contributed by atoms with E-state index in [2.05, 4.69) is 9.97 Å². The maximum absolute atomic E-state index is 5.74. The summed E-state index contributed by atoms with van der Waals surface area (Å²) in [5.74, 6) is 1.59. The van der Waals surface area contributed by atoms with Crippen molar-refractivity contribution in [2.45, 2.75) is 39.2 Å². The van der Waals surface area contributed by atoms with Crippen LogP contribution in [0.3, 0.4) is 0 Å². The standard InChI is InChI=1S/C12H21N3O2/c1-8(7-16-5)17-10-6-9(13)14-11(15-10)12(2,3)4/h6,8H,7H2,1-5H3,(H2,13,14,15). The first-order valence-corrected chi connectivity index (χ1v) is 5.63. The third-order valence-corrected chi connectivity index (χ3v) is 2.12. The molecule has 0 aliphatic heterocycles. The second kappa shape index (κ2) is 5.31. The molecule has 0 amide bonds. The van der Waals surface area contributed by atoms with Crippen molar-refractivity contribution in [3.8, 4) is 5.88 Å². The Labute approximate surface area is 102 Å². The Kier molecular flexibility index (Phi) is 4.28. The van der Waals surface area contributed by atoms with Gasteiger partial charge in [0.25, 0.3) is 0 Å². The molecule has 17 heavy (non-hydrogen) atoms. The normalized spacial score (nSPS) is 13.5. The van der Waals surface area contributed by atoms with Gasteiger partial charge < -0.3 is 15.2 Å². The van der Waals surface area contributed by atoms with Crippen molar-refractivity contribution < 1.29 is 9.47 Å². The van der Waals surface area contributed by atoms with Crippen molar-refractivity contribution in [1.82, 2.24) is 9.97 Å². The Morgan fingerprint density at radius 1 is 1.35 bits per heavy atom. The Hall–Kier alpha value is -1.36. The van der Waals surface area contributed by atoms with Gasteiger partial charge in [-0.1, -0.05) is 20.8 Å². The minimum absolute atomic E-state index is 0.0675. The number of nitrogens with two attached hydrogens (primary N) is 1. The van der Waals surface area contributed by atoms with Crippen LogP contribution in [0.5, 0.6) is 5.88 Å². The van der Waals surface area contributed by atoms with Crippen LogP contribution in [0.1, 0.15) is 33.5 Å². The summed E-state index contributed by atoms with van der Waals surface area (Å²) in [6.45, 7) is 8.52. The van der Waals surface area contributed by atoms with Gasteiger partial charge in [0.2, 0.25) is 5.88 Å². The first-order valence-electron chi connectivity index (χ1n) is 5.63. The third-order valence-electron chi connectivity index (χ3n) is 2.12. The van der Waals surface area contributed by atoms with E-state index in [4.69, 9.17) is 15.2 Å². The zero-order valence-corrected chi connectivity index (χ0v) is 11.2. The molecule has 1 atom stereocenters. The lowest BCUT2D eigenvalue weighted by Crippen LogP contribution is -2.21. The second-order valence-corrected chi connectivity index (χ2v) is 5.09. The largest absolute Gasteiger partial charge is 0.472 e. The summed E-state index contributed by atoms with van der Waals surface area (Å²) >= 11 is 0. The van der Waals surface area contributed by atoms with Crippen LogP contribution < -0.4 is 10.5 Å². The van der Waals surface area contributed by atoms with Crippen LogP contribution in [-0.4, -0.2) is 29.8 Å². The van der Waals surface area contributed by atoms with Gasteiger partial charge in [-0.15, -0.1) is 0 Å². The van der Waals surface area contributed by atoms with Gasteiger partial charge >= 0.3 is 0 Å². The molecule has 0 aromatic carbocycles. The molecule has 0 radical (unpaired) electrons. The fourth-order valence-corrected chi connectivity index (χ4v) is 1.31. The summed E-state index contributed by atoms with van der Waals surface area (Å²) in [5.41, 5.74) is 5.59. The predicted molar refractivity (Wildman–Crippen MR) is 67.1 cm³/mol. The molecule has 1 aromatic rings. The van der Waals surface area contributed by atoms with E-state index in [0.29, 0.717) is 24.1 Å². The van der Waals surface area contributed by atoms with Crippen molar-refractivity contribution in [2.75, 3.05) is 19.5 Å². The number of hydrogen-bond donors (Lipinski definition) is 1. The molecule has 1 unspecified atom stereocenters. The van der Waals surface area contributed by atoms with Gasteiger partial charge in [-0.2, -0.15) is 4.98 Å². The number of ether oxygens (including phenoxy) is 2. The lowest BCUT2D eigenvalue weighted by Gasteiger charge is -2.19. The summed E-state index contributed by atoms with van der Waals surface area (Å²) < 4.78 is 10.6. The predicted octanol–water partition coefficient (Wildman–Crippen LogP) is 1.77. The molecule has 1 heterocycles. The number of anilines is 1. The average molecular weight is 239 g/mol. The van der Waals surface area contributed by atoms with E-state index in [1.54, 1.807) is 13.2 Å². The van der Waals surface area contributed by atoms with Crippen LogP contribution >= 0.6 is 0 Å². The zero-order chi connectivity index (χ0) is 13.1. The molecule has 0 bridgehead atoms. The van der Waals surface area contributed by atoms with Gasteiger partial charge in [0, 0.05) is 18.6 Å². The highest BCUT2D eigenvalue weighted by molar-refractivity contribution is 5.34. The van der Waals surface area contributed by atoms with Crippen molar-refractivity contribution in [2.24, 2.45) is 0 Å². The number of rotatable bonds is 4. The van der Waals surface area contributed by atoms with Gasteiger partial charge in [0.05, 0.1) is 6.61 Å². The van der Waals surface area contributed by atoms with Gasteiger partial charge in [0.1, 0.15) is 17.7 Å². The third kappa shape index (κ3) is 4.19. The molecule has 0 saturated carbocycles. The minimum atomic E-state index is -0.155. The molecule has 5 nitrogen and oxygen atoms in total. The topological polar surface area (TPSA) is 70.3 Å². The summed E-state index contributed by atoms with van der Waals surface area (Å²) in [5, 5.41) is 0. The quantitative estimate of drug-likeness (QED) is 0.867. The smallest absolute Gasteiger partial charge is 0.219 e. The molecule has 0 fully saturated rings. The SMILES string of the molecule is COCC(C)Oc1cc(N)nc(C(C)(C)C)n1. The summed E-state index contributed by atoms with van der Waals surface area (Å²) in [4.78, 5) is 8.57. The lowest BCUT2D eigenvalue weighted by atomic mass is 9.96. The van der Waals surface area contributed by atoms with Crippen LogP contribution in [0.15, 0.2) is 6.07 Å². The summed E-state index contributed by atoms with van der Waals surface area (Å²) in [6.07, 6.45) is -0.0675. The Morgan fingerprint density at radius 3 is 2.53 bits per heavy atom. The minimum Gasteiger partial charge on any atom is -0.472 e. The number of aromatic nitrogens is 2. The zero-order valence-electron chi connectivity index (χ0n) is 11.2. The molecule has 2 N–H and O–H groups in total. The van der Waals surface area contributed by atoms with Gasteiger partial charge in [0.15, 0.2) is 0 Å². The van der Waals surface area contributed by atoms with E-state index in [-0.39, 0.29) is 11.5 Å². The van der Waals surface area contributed by atoms with E-state index < -0.39 is 0 Å². The van der Waals surface area contributed by atoms with E-state index in [9.17, 15) is 0 Å². The van der Waals surface area contributed by atoms with Gasteiger partial charge in [-0.25, -0.2) is 4.98 Å². The van der Waals surface area contributed by atoms with Crippen LogP contribution in [-0.2, 0) is 10.2 Å². The highest BCUT2D eigenvalue weighted by Gasteiger charge is 2.19. The highest BCUT2D eigenvalue weighted by atomic mass is 16.5. The van der Waals surface area contributed by atoms with Crippen molar-refractivity contribution >= 4 is 5.82 Å². The van der Waals surface area contributed by atoms with Crippen LogP contribution in [0, 0.1) is 0 Å². The number of nitrogen functional groups attached to an aromatic ring is 1.